The lowest BCUT2D eigenvalue weighted by Gasteiger charge is -2.15. The first kappa shape index (κ1) is 29.0. The van der Waals surface area contributed by atoms with Crippen molar-refractivity contribution in [3.63, 3.8) is 0 Å². The van der Waals surface area contributed by atoms with Crippen molar-refractivity contribution in [1.29, 1.82) is 0 Å². The van der Waals surface area contributed by atoms with E-state index in [2.05, 4.69) is 5.32 Å². The average molecular weight is 523 g/mol. The Bertz CT molecular complexity index is 1110. The van der Waals surface area contributed by atoms with Crippen LogP contribution in [-0.2, 0) is 26.0 Å². The highest BCUT2D eigenvalue weighted by Crippen LogP contribution is 2.41. The van der Waals surface area contributed by atoms with Gasteiger partial charge in [0.15, 0.2) is 0 Å². The fourth-order valence-electron chi connectivity index (χ4n) is 3.70. The molecular formula is C26H38N2O5S2. The highest BCUT2D eigenvalue weighted by Gasteiger charge is 2.30. The molecule has 7 nitrogen and oxygen atoms in total. The van der Waals surface area contributed by atoms with Gasteiger partial charge in [-0.05, 0) is 43.2 Å². The maximum atomic E-state index is 13.1. The molecule has 1 atom stereocenters. The molecule has 0 saturated heterocycles. The molecule has 2 rings (SSSR count). The summed E-state index contributed by atoms with van der Waals surface area (Å²) < 4.78 is 30.5. The smallest absolute Gasteiger partial charge is 0.339 e. The molecule has 1 unspecified atom stereocenters. The molecule has 0 bridgehead atoms. The number of rotatable bonds is 13. The van der Waals surface area contributed by atoms with Gasteiger partial charge < -0.3 is 10.1 Å². The molecule has 0 saturated carbocycles. The van der Waals surface area contributed by atoms with E-state index in [0.29, 0.717) is 28.8 Å². The Morgan fingerprint density at radius 1 is 1.06 bits per heavy atom. The van der Waals surface area contributed by atoms with Crippen LogP contribution in [0.25, 0.3) is 11.1 Å². The number of benzene rings is 1. The van der Waals surface area contributed by atoms with Crippen molar-refractivity contribution >= 4 is 33.2 Å². The monoisotopic (exact) mass is 522 g/mol. The molecule has 9 heteroatoms. The van der Waals surface area contributed by atoms with E-state index >= 15 is 0 Å². The van der Waals surface area contributed by atoms with E-state index in [-0.39, 0.29) is 34.2 Å². The standard InChI is InChI=1S/C26H38N2O5S2/c1-6-8-10-22(29)28-18(5)19-11-13-20(14-12-19)23-24(25(30)33-15-9-7-2)21(16-17(3)4)34-26(23)35(27,31)32/h11-14,17-18H,6-10,15-16H2,1-5H3,(H,28,29)(H2,27,31,32). The maximum absolute atomic E-state index is 13.1. The summed E-state index contributed by atoms with van der Waals surface area (Å²) in [6, 6.07) is 6.99. The van der Waals surface area contributed by atoms with Gasteiger partial charge in [0, 0.05) is 16.9 Å². The van der Waals surface area contributed by atoms with Gasteiger partial charge in [-0.3, -0.25) is 4.79 Å². The molecule has 0 spiro atoms. The minimum atomic E-state index is -4.08. The van der Waals surface area contributed by atoms with E-state index in [1.54, 1.807) is 12.1 Å². The average Bonchev–Trinajstić information content (AvgIpc) is 3.17. The van der Waals surface area contributed by atoms with Gasteiger partial charge in [0.25, 0.3) is 0 Å². The largest absolute Gasteiger partial charge is 0.462 e. The van der Waals surface area contributed by atoms with Crippen molar-refractivity contribution < 1.29 is 22.7 Å². The van der Waals surface area contributed by atoms with E-state index in [9.17, 15) is 18.0 Å². The molecule has 0 aliphatic rings. The Morgan fingerprint density at radius 2 is 1.69 bits per heavy atom. The fourth-order valence-corrected chi connectivity index (χ4v) is 6.22. The van der Waals surface area contributed by atoms with Crippen molar-refractivity contribution in [2.24, 2.45) is 11.1 Å². The molecule has 1 aromatic heterocycles. The summed E-state index contributed by atoms with van der Waals surface area (Å²) in [6.45, 7) is 10.2. The van der Waals surface area contributed by atoms with Crippen molar-refractivity contribution in [1.82, 2.24) is 5.32 Å². The van der Waals surface area contributed by atoms with Crippen LogP contribution < -0.4 is 10.5 Å². The van der Waals surface area contributed by atoms with E-state index < -0.39 is 16.0 Å². The van der Waals surface area contributed by atoms with Gasteiger partial charge in [-0.25, -0.2) is 18.4 Å². The van der Waals surface area contributed by atoms with Crippen LogP contribution in [0.2, 0.25) is 0 Å². The molecular weight excluding hydrogens is 484 g/mol. The number of amides is 1. The number of hydrogen-bond donors (Lipinski definition) is 2. The summed E-state index contributed by atoms with van der Waals surface area (Å²) in [5.41, 5.74) is 2.01. The van der Waals surface area contributed by atoms with Crippen LogP contribution in [0, 0.1) is 5.92 Å². The molecule has 1 aromatic carbocycles. The van der Waals surface area contributed by atoms with Gasteiger partial charge in [-0.15, -0.1) is 11.3 Å². The third kappa shape index (κ3) is 8.15. The Labute approximate surface area is 213 Å². The van der Waals surface area contributed by atoms with Gasteiger partial charge in [-0.1, -0.05) is 64.8 Å². The Hall–Kier alpha value is -2.23. The predicted octanol–water partition coefficient (Wildman–Crippen LogP) is 5.59. The van der Waals surface area contributed by atoms with Crippen LogP contribution in [0.15, 0.2) is 28.5 Å². The number of nitrogens with two attached hydrogens (primary N) is 1. The van der Waals surface area contributed by atoms with Gasteiger partial charge in [0.1, 0.15) is 4.21 Å². The van der Waals surface area contributed by atoms with Gasteiger partial charge in [0.05, 0.1) is 18.2 Å². The normalized spacial score (nSPS) is 12.5. The lowest BCUT2D eigenvalue weighted by molar-refractivity contribution is -0.121. The van der Waals surface area contributed by atoms with Crippen LogP contribution in [0.4, 0.5) is 0 Å². The number of carbonyl (C=O) groups excluding carboxylic acids is 2. The summed E-state index contributed by atoms with van der Waals surface area (Å²) in [5, 5.41) is 8.57. The molecule has 0 aliphatic carbocycles. The quantitative estimate of drug-likeness (QED) is 0.263. The number of ether oxygens (including phenoxy) is 1. The number of primary sulfonamides is 1. The number of hydrogen-bond acceptors (Lipinski definition) is 6. The van der Waals surface area contributed by atoms with Crippen molar-refractivity contribution in [2.75, 3.05) is 6.61 Å². The van der Waals surface area contributed by atoms with Gasteiger partial charge in [-0.2, -0.15) is 0 Å². The van der Waals surface area contributed by atoms with Crippen molar-refractivity contribution in [2.45, 2.75) is 83.4 Å². The minimum Gasteiger partial charge on any atom is -0.462 e. The van der Waals surface area contributed by atoms with E-state index in [4.69, 9.17) is 9.88 Å². The zero-order valence-electron chi connectivity index (χ0n) is 21.3. The van der Waals surface area contributed by atoms with Crippen LogP contribution in [0.3, 0.4) is 0 Å². The predicted molar refractivity (Wildman–Crippen MR) is 141 cm³/mol. The van der Waals surface area contributed by atoms with E-state index in [1.807, 2.05) is 46.8 Å². The highest BCUT2D eigenvalue weighted by atomic mass is 32.2. The second kappa shape index (κ2) is 13.2. The molecule has 0 aliphatic heterocycles. The van der Waals surface area contributed by atoms with Gasteiger partial charge >= 0.3 is 5.97 Å². The molecule has 2 aromatic rings. The molecule has 3 N–H and O–H groups in total. The number of carbonyl (C=O) groups is 2. The summed E-state index contributed by atoms with van der Waals surface area (Å²) in [6.07, 6.45) is 4.40. The molecule has 0 radical (unpaired) electrons. The summed E-state index contributed by atoms with van der Waals surface area (Å²) in [4.78, 5) is 25.9. The molecule has 0 fully saturated rings. The zero-order chi connectivity index (χ0) is 26.2. The highest BCUT2D eigenvalue weighted by molar-refractivity contribution is 7.91. The lowest BCUT2D eigenvalue weighted by Crippen LogP contribution is -2.26. The Morgan fingerprint density at radius 3 is 2.23 bits per heavy atom. The first-order chi connectivity index (χ1) is 16.5. The van der Waals surface area contributed by atoms with Crippen molar-refractivity contribution in [3.8, 4) is 11.1 Å². The Kier molecular flexibility index (Phi) is 10.9. The third-order valence-electron chi connectivity index (χ3n) is 5.57. The fraction of sp³-hybridized carbons (Fsp3) is 0.538. The third-order valence-corrected chi connectivity index (χ3v) is 8.24. The first-order valence-electron chi connectivity index (χ1n) is 12.2. The molecule has 1 amide bonds. The van der Waals surface area contributed by atoms with Crippen LogP contribution >= 0.6 is 11.3 Å². The molecule has 194 valence electrons. The maximum Gasteiger partial charge on any atom is 0.339 e. The van der Waals surface area contributed by atoms with Crippen LogP contribution in [0.1, 0.15) is 93.6 Å². The number of esters is 1. The van der Waals surface area contributed by atoms with Crippen molar-refractivity contribution in [3.05, 3.63) is 40.3 Å². The molecule has 35 heavy (non-hydrogen) atoms. The van der Waals surface area contributed by atoms with Crippen LogP contribution in [0.5, 0.6) is 0 Å². The second-order valence-corrected chi connectivity index (χ2v) is 12.1. The van der Waals surface area contributed by atoms with Crippen LogP contribution in [-0.4, -0.2) is 26.9 Å². The topological polar surface area (TPSA) is 116 Å². The molecule has 1 heterocycles. The number of thiophene rings is 1. The lowest BCUT2D eigenvalue weighted by atomic mass is 9.97. The number of nitrogens with one attached hydrogen (secondary N) is 1. The van der Waals surface area contributed by atoms with E-state index in [0.717, 1.165) is 42.6 Å². The SMILES string of the molecule is CCCCOC(=O)c1c(CC(C)C)sc(S(N)(=O)=O)c1-c1ccc(C(C)NC(=O)CCCC)cc1. The number of unbranched alkanes of at least 4 members (excludes halogenated alkanes) is 2. The first-order valence-corrected chi connectivity index (χ1v) is 14.6. The number of sulfonamides is 1. The second-order valence-electron chi connectivity index (χ2n) is 9.21. The zero-order valence-corrected chi connectivity index (χ0v) is 23.0. The summed E-state index contributed by atoms with van der Waals surface area (Å²) in [5.74, 6) is -0.333. The summed E-state index contributed by atoms with van der Waals surface area (Å²) >= 11 is 1.04. The summed E-state index contributed by atoms with van der Waals surface area (Å²) in [7, 11) is -4.08. The minimum absolute atomic E-state index is 0.00629. The van der Waals surface area contributed by atoms with Gasteiger partial charge in [0.2, 0.25) is 15.9 Å². The Balaban J connectivity index is 2.51. The van der Waals surface area contributed by atoms with E-state index in [1.165, 1.54) is 0 Å².